The highest BCUT2D eigenvalue weighted by Gasteiger charge is 2.12. The maximum absolute atomic E-state index is 12.8. The molecule has 0 amide bonds. The van der Waals surface area contributed by atoms with Crippen LogP contribution in [-0.4, -0.2) is 16.2 Å². The molecule has 0 aromatic heterocycles. The van der Waals surface area contributed by atoms with E-state index in [-0.39, 0.29) is 6.42 Å². The second-order valence-electron chi connectivity index (χ2n) is 3.23. The molecule has 2 N–H and O–H groups in total. The molecule has 0 radical (unpaired) electrons. The molecule has 4 heteroatoms. The highest BCUT2D eigenvalue weighted by atomic mass is 19.1. The molecule has 0 aliphatic heterocycles. The maximum Gasteiger partial charge on any atom is 0.306 e. The number of aliphatic carboxylic acids is 1. The summed E-state index contributed by atoms with van der Waals surface area (Å²) in [5.74, 6) is -2.62. The van der Waals surface area contributed by atoms with Crippen molar-refractivity contribution in [1.29, 1.82) is 0 Å². The van der Waals surface area contributed by atoms with Crippen LogP contribution in [0.15, 0.2) is 18.2 Å². The van der Waals surface area contributed by atoms with Crippen LogP contribution in [0.3, 0.4) is 0 Å². The normalized spacial score (nSPS) is 12.4. The van der Waals surface area contributed by atoms with Gasteiger partial charge in [0.15, 0.2) is 11.6 Å². The minimum absolute atomic E-state index is 0.256. The number of hydrogen-bond donors (Lipinski definition) is 2. The number of phenolic OH excluding ortho intramolecular Hbond substituents is 1. The van der Waals surface area contributed by atoms with Crippen LogP contribution in [0.2, 0.25) is 0 Å². The van der Waals surface area contributed by atoms with Gasteiger partial charge in [0.05, 0.1) is 5.92 Å². The van der Waals surface area contributed by atoms with Crippen LogP contribution < -0.4 is 0 Å². The van der Waals surface area contributed by atoms with Crippen molar-refractivity contribution in [2.24, 2.45) is 5.92 Å². The summed E-state index contributed by atoms with van der Waals surface area (Å²) in [5, 5.41) is 17.5. The zero-order valence-corrected chi connectivity index (χ0v) is 7.70. The third-order valence-corrected chi connectivity index (χ3v) is 1.98. The number of halogens is 1. The van der Waals surface area contributed by atoms with Gasteiger partial charge in [-0.1, -0.05) is 13.0 Å². The zero-order valence-electron chi connectivity index (χ0n) is 7.70. The summed E-state index contributed by atoms with van der Waals surface area (Å²) in [7, 11) is 0. The molecule has 14 heavy (non-hydrogen) atoms. The van der Waals surface area contributed by atoms with Gasteiger partial charge in [0.2, 0.25) is 0 Å². The van der Waals surface area contributed by atoms with Gasteiger partial charge < -0.3 is 10.2 Å². The van der Waals surface area contributed by atoms with Gasteiger partial charge in [0.25, 0.3) is 0 Å². The van der Waals surface area contributed by atoms with Crippen molar-refractivity contribution in [3.63, 3.8) is 0 Å². The predicted molar refractivity (Wildman–Crippen MR) is 48.6 cm³/mol. The fraction of sp³-hybridized carbons (Fsp3) is 0.300. The summed E-state index contributed by atoms with van der Waals surface area (Å²) in [4.78, 5) is 10.5. The number of carboxylic acid groups (broad SMARTS) is 1. The first-order valence-corrected chi connectivity index (χ1v) is 4.21. The first-order valence-electron chi connectivity index (χ1n) is 4.21. The zero-order chi connectivity index (χ0) is 10.7. The molecule has 0 heterocycles. The highest BCUT2D eigenvalue weighted by molar-refractivity contribution is 5.69. The number of phenols is 1. The quantitative estimate of drug-likeness (QED) is 0.778. The van der Waals surface area contributed by atoms with E-state index in [0.717, 1.165) is 6.07 Å². The lowest BCUT2D eigenvalue weighted by Crippen LogP contribution is -2.12. The van der Waals surface area contributed by atoms with E-state index >= 15 is 0 Å². The van der Waals surface area contributed by atoms with Gasteiger partial charge in [-0.3, -0.25) is 4.79 Å². The number of carbonyl (C=O) groups is 1. The van der Waals surface area contributed by atoms with Crippen molar-refractivity contribution in [1.82, 2.24) is 0 Å². The molecule has 0 saturated heterocycles. The summed E-state index contributed by atoms with van der Waals surface area (Å²) in [6, 6.07) is 3.88. The summed E-state index contributed by atoms with van der Waals surface area (Å²) in [6.45, 7) is 1.55. The second kappa shape index (κ2) is 4.09. The molecular formula is C10H11FO3. The Balaban J connectivity index is 2.78. The van der Waals surface area contributed by atoms with Crippen LogP contribution >= 0.6 is 0 Å². The lowest BCUT2D eigenvalue weighted by molar-refractivity contribution is -0.141. The molecule has 0 fully saturated rings. The van der Waals surface area contributed by atoms with Crippen molar-refractivity contribution in [3.8, 4) is 5.75 Å². The molecule has 0 aliphatic rings. The SMILES string of the molecule is C[C@@H](Cc1ccc(O)c(F)c1)C(=O)O. The Kier molecular flexibility index (Phi) is 3.06. The molecule has 0 bridgehead atoms. The Hall–Kier alpha value is -1.58. The lowest BCUT2D eigenvalue weighted by Gasteiger charge is -2.06. The Morgan fingerprint density at radius 1 is 1.57 bits per heavy atom. The van der Waals surface area contributed by atoms with Crippen LogP contribution in [0, 0.1) is 11.7 Å². The monoisotopic (exact) mass is 198 g/mol. The van der Waals surface area contributed by atoms with E-state index in [2.05, 4.69) is 0 Å². The third kappa shape index (κ3) is 2.45. The number of benzene rings is 1. The van der Waals surface area contributed by atoms with Crippen molar-refractivity contribution in [2.75, 3.05) is 0 Å². The molecule has 1 rings (SSSR count). The summed E-state index contributed by atoms with van der Waals surface area (Å²) in [6.07, 6.45) is 0.256. The Morgan fingerprint density at radius 2 is 2.21 bits per heavy atom. The topological polar surface area (TPSA) is 57.5 Å². The van der Waals surface area contributed by atoms with Crippen LogP contribution in [0.5, 0.6) is 5.75 Å². The van der Waals surface area contributed by atoms with E-state index < -0.39 is 23.5 Å². The van der Waals surface area contributed by atoms with Gasteiger partial charge in [-0.05, 0) is 24.1 Å². The standard InChI is InChI=1S/C10H11FO3/c1-6(10(13)14)4-7-2-3-9(12)8(11)5-7/h2-3,5-6,12H,4H2,1H3,(H,13,14)/t6-/m0/s1. The smallest absolute Gasteiger partial charge is 0.306 e. The van der Waals surface area contributed by atoms with E-state index in [0.29, 0.717) is 5.56 Å². The summed E-state index contributed by atoms with van der Waals surface area (Å²) < 4.78 is 12.8. The maximum atomic E-state index is 12.8. The van der Waals surface area contributed by atoms with Crippen molar-refractivity contribution < 1.29 is 19.4 Å². The van der Waals surface area contributed by atoms with E-state index in [1.165, 1.54) is 12.1 Å². The van der Waals surface area contributed by atoms with Gasteiger partial charge in [-0.2, -0.15) is 0 Å². The fourth-order valence-corrected chi connectivity index (χ4v) is 1.12. The van der Waals surface area contributed by atoms with Gasteiger partial charge in [-0.25, -0.2) is 4.39 Å². The van der Waals surface area contributed by atoms with Crippen LogP contribution in [0.1, 0.15) is 12.5 Å². The Bertz CT molecular complexity index is 349. The molecule has 3 nitrogen and oxygen atoms in total. The fourth-order valence-electron chi connectivity index (χ4n) is 1.12. The molecular weight excluding hydrogens is 187 g/mol. The minimum atomic E-state index is -0.918. The Morgan fingerprint density at radius 3 is 2.71 bits per heavy atom. The molecule has 76 valence electrons. The summed E-state index contributed by atoms with van der Waals surface area (Å²) in [5.41, 5.74) is 0.565. The molecule has 0 unspecified atom stereocenters. The average molecular weight is 198 g/mol. The van der Waals surface area contributed by atoms with E-state index in [4.69, 9.17) is 10.2 Å². The molecule has 0 aliphatic carbocycles. The van der Waals surface area contributed by atoms with Crippen molar-refractivity contribution in [2.45, 2.75) is 13.3 Å². The number of hydrogen-bond acceptors (Lipinski definition) is 2. The van der Waals surface area contributed by atoms with E-state index in [1.54, 1.807) is 6.92 Å². The number of carboxylic acids is 1. The number of aromatic hydroxyl groups is 1. The van der Waals surface area contributed by atoms with E-state index in [1.807, 2.05) is 0 Å². The third-order valence-electron chi connectivity index (χ3n) is 1.98. The summed E-state index contributed by atoms with van der Waals surface area (Å²) >= 11 is 0. The van der Waals surface area contributed by atoms with Gasteiger partial charge in [-0.15, -0.1) is 0 Å². The highest BCUT2D eigenvalue weighted by Crippen LogP contribution is 2.18. The van der Waals surface area contributed by atoms with Crippen LogP contribution in [0.25, 0.3) is 0 Å². The van der Waals surface area contributed by atoms with E-state index in [9.17, 15) is 9.18 Å². The number of rotatable bonds is 3. The minimum Gasteiger partial charge on any atom is -0.505 e. The van der Waals surface area contributed by atoms with Gasteiger partial charge >= 0.3 is 5.97 Å². The van der Waals surface area contributed by atoms with Gasteiger partial charge in [0.1, 0.15) is 0 Å². The predicted octanol–water partition coefficient (Wildman–Crippen LogP) is 1.79. The molecule has 1 aromatic carbocycles. The Labute approximate surface area is 80.8 Å². The van der Waals surface area contributed by atoms with Gasteiger partial charge in [0, 0.05) is 0 Å². The molecule has 1 aromatic rings. The molecule has 0 saturated carbocycles. The van der Waals surface area contributed by atoms with Crippen molar-refractivity contribution in [3.05, 3.63) is 29.6 Å². The molecule has 0 spiro atoms. The largest absolute Gasteiger partial charge is 0.505 e. The molecule has 1 atom stereocenters. The first kappa shape index (κ1) is 10.5. The van der Waals surface area contributed by atoms with Crippen LogP contribution in [0.4, 0.5) is 4.39 Å². The first-order chi connectivity index (χ1) is 6.50. The lowest BCUT2D eigenvalue weighted by atomic mass is 10.0. The second-order valence-corrected chi connectivity index (χ2v) is 3.23. The van der Waals surface area contributed by atoms with Crippen molar-refractivity contribution >= 4 is 5.97 Å². The average Bonchev–Trinajstić information content (AvgIpc) is 2.11. The van der Waals surface area contributed by atoms with Crippen LogP contribution in [-0.2, 0) is 11.2 Å².